The van der Waals surface area contributed by atoms with Gasteiger partial charge in [-0.2, -0.15) is 0 Å². The van der Waals surface area contributed by atoms with Gasteiger partial charge in [-0.15, -0.1) is 11.3 Å². The molecule has 4 unspecified atom stereocenters. The van der Waals surface area contributed by atoms with E-state index in [0.29, 0.717) is 37.7 Å². The van der Waals surface area contributed by atoms with E-state index in [1.165, 1.54) is 11.3 Å². The molecule has 2 aliphatic heterocycles. The molecule has 4 aromatic rings. The minimum absolute atomic E-state index is 0.0223. The molecule has 0 spiro atoms. The van der Waals surface area contributed by atoms with Crippen LogP contribution in [0.2, 0.25) is 0 Å². The van der Waals surface area contributed by atoms with Crippen molar-refractivity contribution in [2.75, 3.05) is 60.0 Å². The summed E-state index contributed by atoms with van der Waals surface area (Å²) in [4.78, 5) is 55.1. The van der Waals surface area contributed by atoms with E-state index >= 15 is 0 Å². The van der Waals surface area contributed by atoms with Crippen molar-refractivity contribution in [1.82, 2.24) is 40.1 Å². The van der Waals surface area contributed by atoms with Crippen molar-refractivity contribution in [2.24, 2.45) is 17.3 Å². The van der Waals surface area contributed by atoms with Gasteiger partial charge in [0, 0.05) is 85.3 Å². The van der Waals surface area contributed by atoms with Crippen molar-refractivity contribution in [3.05, 3.63) is 58.2 Å². The Morgan fingerprint density at radius 1 is 1.11 bits per heavy atom. The zero-order valence-electron chi connectivity index (χ0n) is 38.7. The Balaban J connectivity index is 1.21. The fraction of sp³-hybridized carbons (Fsp3) is 0.612. The molecule has 3 fully saturated rings. The molecule has 3 aromatic heterocycles. The molecule has 5 heterocycles. The summed E-state index contributed by atoms with van der Waals surface area (Å²) in [6.45, 7) is 17.4. The van der Waals surface area contributed by atoms with E-state index in [4.69, 9.17) is 19.4 Å². The highest BCUT2D eigenvalue weighted by Gasteiger charge is 2.41. The van der Waals surface area contributed by atoms with Crippen LogP contribution in [0.25, 0.3) is 33.4 Å². The van der Waals surface area contributed by atoms with Crippen LogP contribution in [-0.4, -0.2) is 120 Å². The second kappa shape index (κ2) is 21.2. The van der Waals surface area contributed by atoms with Gasteiger partial charge in [0.1, 0.15) is 6.04 Å². The highest BCUT2D eigenvalue weighted by atomic mass is 32.1. The highest BCUT2D eigenvalue weighted by Crippen LogP contribution is 2.42. The summed E-state index contributed by atoms with van der Waals surface area (Å²) in [6, 6.07) is 9.62. The number of aromatic nitrogens is 3. The number of hydrogen-bond donors (Lipinski definition) is 2. The number of ether oxygens (including phenoxy) is 2. The maximum absolute atomic E-state index is 14.7. The Morgan fingerprint density at radius 3 is 2.63 bits per heavy atom. The number of hydrogen-bond acceptors (Lipinski definition) is 11. The number of thiazole rings is 1. The number of rotatable bonds is 20. The summed E-state index contributed by atoms with van der Waals surface area (Å²) in [5.74, 6) is 0.702. The monoisotopic (exact) mass is 883 g/mol. The van der Waals surface area contributed by atoms with E-state index in [9.17, 15) is 14.4 Å². The van der Waals surface area contributed by atoms with Gasteiger partial charge in [-0.3, -0.25) is 29.3 Å². The van der Waals surface area contributed by atoms with Crippen LogP contribution in [0.15, 0.2) is 41.9 Å². The predicted molar refractivity (Wildman–Crippen MR) is 250 cm³/mol. The summed E-state index contributed by atoms with van der Waals surface area (Å²) in [7, 11) is 3.88. The predicted octanol–water partition coefficient (Wildman–Crippen LogP) is 7.28. The van der Waals surface area contributed by atoms with Gasteiger partial charge in [0.2, 0.25) is 5.91 Å². The highest BCUT2D eigenvalue weighted by molar-refractivity contribution is 7.10. The van der Waals surface area contributed by atoms with Crippen LogP contribution in [0.1, 0.15) is 102 Å². The standard InChI is InChI=1S/C49H70N8O5S/c1-8-54(6)28-34-20-24-55(29-34)45(35-15-10-11-16-35)47(59)53-40(48(60)57-23-13-12-22-51-57)26-43-52-41(30-63-43)36-18-19-42-38(25-36)39(27-49(4,5)31-62-32-58)46(56(42)9-2)37-17-14-21-50-44(37)33(3)61-7/h14,17-19,21,25,30,32-35,40,45,51H,8-13,15-16,20,22-24,26-29,31H2,1-7H3,(H,53,59). The lowest BCUT2D eigenvalue weighted by atomic mass is 9.84. The first-order chi connectivity index (χ1) is 30.4. The van der Waals surface area contributed by atoms with Gasteiger partial charge < -0.3 is 24.3 Å². The number of carbonyl (C=O) groups excluding carboxylic acids is 3. The minimum atomic E-state index is -0.746. The molecule has 1 aliphatic carbocycles. The van der Waals surface area contributed by atoms with E-state index in [-0.39, 0.29) is 36.0 Å². The van der Waals surface area contributed by atoms with E-state index in [1.807, 2.05) is 19.2 Å². The first-order valence-electron chi connectivity index (χ1n) is 23.4. The molecule has 1 aromatic carbocycles. The molecule has 2 amide bonds. The molecular formula is C49H70N8O5S. The Hall–Kier alpha value is -4.21. The molecule has 342 valence electrons. The summed E-state index contributed by atoms with van der Waals surface area (Å²) in [5, 5.41) is 9.02. The second-order valence-corrected chi connectivity index (χ2v) is 19.8. The molecule has 14 heteroatoms. The summed E-state index contributed by atoms with van der Waals surface area (Å²) >= 11 is 1.53. The van der Waals surface area contributed by atoms with E-state index < -0.39 is 6.04 Å². The number of nitrogens with zero attached hydrogens (tertiary/aromatic N) is 6. The minimum Gasteiger partial charge on any atom is -0.467 e. The van der Waals surface area contributed by atoms with Crippen molar-refractivity contribution in [2.45, 2.75) is 117 Å². The summed E-state index contributed by atoms with van der Waals surface area (Å²) < 4.78 is 13.5. The van der Waals surface area contributed by atoms with Crippen molar-refractivity contribution >= 4 is 40.5 Å². The van der Waals surface area contributed by atoms with Gasteiger partial charge in [-0.05, 0) is 114 Å². The summed E-state index contributed by atoms with van der Waals surface area (Å²) in [5.41, 5.74) is 9.91. The first-order valence-corrected chi connectivity index (χ1v) is 24.2. The second-order valence-electron chi connectivity index (χ2n) is 18.9. The van der Waals surface area contributed by atoms with Crippen LogP contribution in [0.4, 0.5) is 0 Å². The maximum Gasteiger partial charge on any atom is 0.293 e. The molecule has 63 heavy (non-hydrogen) atoms. The van der Waals surface area contributed by atoms with Crippen molar-refractivity contribution in [3.8, 4) is 22.5 Å². The number of nitrogens with one attached hydrogen (secondary N) is 2. The van der Waals surface area contributed by atoms with Crippen molar-refractivity contribution in [1.29, 1.82) is 0 Å². The van der Waals surface area contributed by atoms with Crippen LogP contribution in [0, 0.1) is 17.3 Å². The zero-order chi connectivity index (χ0) is 44.7. The smallest absolute Gasteiger partial charge is 0.293 e. The molecule has 2 saturated heterocycles. The number of methoxy groups -OCH3 is 1. The summed E-state index contributed by atoms with van der Waals surface area (Å²) in [6.07, 6.45) is 9.95. The third-order valence-electron chi connectivity index (χ3n) is 13.7. The van der Waals surface area contributed by atoms with Crippen LogP contribution in [-0.2, 0) is 43.2 Å². The Kier molecular flexibility index (Phi) is 15.7. The van der Waals surface area contributed by atoms with Gasteiger partial charge in [0.25, 0.3) is 12.4 Å². The normalized spacial score (nSPS) is 19.2. The van der Waals surface area contributed by atoms with Crippen LogP contribution >= 0.6 is 11.3 Å². The van der Waals surface area contributed by atoms with E-state index in [2.05, 4.69) is 89.5 Å². The fourth-order valence-electron chi connectivity index (χ4n) is 10.3. The lowest BCUT2D eigenvalue weighted by Crippen LogP contribution is -2.59. The number of aryl methyl sites for hydroxylation is 1. The zero-order valence-corrected chi connectivity index (χ0v) is 39.5. The van der Waals surface area contributed by atoms with Crippen LogP contribution in [0.5, 0.6) is 0 Å². The van der Waals surface area contributed by atoms with Gasteiger partial charge in [-0.1, -0.05) is 39.7 Å². The molecular weight excluding hydrogens is 813 g/mol. The third kappa shape index (κ3) is 10.8. The number of amides is 2. The molecule has 4 atom stereocenters. The largest absolute Gasteiger partial charge is 0.467 e. The van der Waals surface area contributed by atoms with Gasteiger partial charge in [-0.25, -0.2) is 10.4 Å². The lowest BCUT2D eigenvalue weighted by molar-refractivity contribution is -0.141. The molecule has 0 bridgehead atoms. The van der Waals surface area contributed by atoms with Gasteiger partial charge in [0.15, 0.2) is 0 Å². The average Bonchev–Trinajstić information content (AvgIpc) is 4.14. The number of carbonyl (C=O) groups is 3. The maximum atomic E-state index is 14.7. The van der Waals surface area contributed by atoms with Crippen molar-refractivity contribution in [3.63, 3.8) is 0 Å². The average molecular weight is 883 g/mol. The fourth-order valence-corrected chi connectivity index (χ4v) is 11.1. The first kappa shape index (κ1) is 46.8. The molecule has 13 nitrogen and oxygen atoms in total. The number of fused-ring (bicyclic) bond motifs is 1. The van der Waals surface area contributed by atoms with Crippen molar-refractivity contribution < 1.29 is 23.9 Å². The topological polar surface area (TPSA) is 134 Å². The van der Waals surface area contributed by atoms with Crippen LogP contribution in [0.3, 0.4) is 0 Å². The SMILES string of the molecule is CCN(C)CC1CCN(C(C(=O)NC(Cc2nc(-c3ccc4c(c3)c(CC(C)(C)COC=O)c(-c3cccnc3C(C)OC)n4CC)cs2)C(=O)N2CCCCN2)C2CCCC2)C1. The molecule has 1 saturated carbocycles. The molecule has 3 aliphatic rings. The van der Waals surface area contributed by atoms with Crippen LogP contribution < -0.4 is 10.7 Å². The number of hydrazine groups is 1. The molecule has 2 N–H and O–H groups in total. The van der Waals surface area contributed by atoms with Gasteiger partial charge in [0.05, 0.1) is 40.8 Å². The van der Waals surface area contributed by atoms with E-state index in [1.54, 1.807) is 12.1 Å². The number of benzene rings is 1. The van der Waals surface area contributed by atoms with Gasteiger partial charge >= 0.3 is 0 Å². The molecule has 0 radical (unpaired) electrons. The Morgan fingerprint density at radius 2 is 1.92 bits per heavy atom. The molecule has 7 rings (SSSR count). The third-order valence-corrected chi connectivity index (χ3v) is 14.5. The van der Waals surface area contributed by atoms with E-state index in [0.717, 1.165) is 134 Å². The Labute approximate surface area is 378 Å². The quantitative estimate of drug-likeness (QED) is 0.0873. The lowest BCUT2D eigenvalue weighted by Gasteiger charge is -2.35. The number of pyridine rings is 1. The number of likely N-dealkylation sites (tertiary alicyclic amines) is 1. The Bertz CT molecular complexity index is 2170.